The van der Waals surface area contributed by atoms with Crippen molar-refractivity contribution in [1.29, 1.82) is 0 Å². The third-order valence-electron chi connectivity index (χ3n) is 4.94. The lowest BCUT2D eigenvalue weighted by molar-refractivity contribution is -0.0361. The Morgan fingerprint density at radius 3 is 2.55 bits per heavy atom. The first-order chi connectivity index (χ1) is 14.5. The van der Waals surface area contributed by atoms with Crippen LogP contribution in [0.15, 0.2) is 6.07 Å². The highest BCUT2D eigenvalue weighted by Crippen LogP contribution is 2.34. The van der Waals surface area contributed by atoms with Crippen molar-refractivity contribution < 1.29 is 23.0 Å². The van der Waals surface area contributed by atoms with Crippen molar-refractivity contribution in [3.05, 3.63) is 6.07 Å². The molecular weight excluding hydrogens is 410 g/mol. The molecular formula is C20H32F2N6O3. The molecule has 1 aromatic heterocycles. The number of carbonyl (C=O) groups is 1. The van der Waals surface area contributed by atoms with Crippen molar-refractivity contribution in [2.24, 2.45) is 0 Å². The summed E-state index contributed by atoms with van der Waals surface area (Å²) in [6.07, 6.45) is -0.113. The molecule has 0 radical (unpaired) electrons. The van der Waals surface area contributed by atoms with E-state index in [0.29, 0.717) is 50.1 Å². The van der Waals surface area contributed by atoms with E-state index in [1.54, 1.807) is 11.0 Å². The van der Waals surface area contributed by atoms with Gasteiger partial charge in [-0.05, 0) is 33.6 Å². The SMILES string of the molecule is CCNNc1nc(NC2CCC(F)(F)CC2)cc(OC2CN(C(=O)OC(C)(C)C)C2)n1. The zero-order chi connectivity index (χ0) is 22.6. The number of nitrogens with zero attached hydrogens (tertiary/aromatic N) is 3. The molecule has 174 valence electrons. The number of anilines is 2. The third-order valence-corrected chi connectivity index (χ3v) is 4.94. The van der Waals surface area contributed by atoms with Crippen LogP contribution in [-0.4, -0.2) is 64.3 Å². The molecule has 1 saturated heterocycles. The molecule has 0 unspecified atom stereocenters. The van der Waals surface area contributed by atoms with E-state index < -0.39 is 11.5 Å². The molecule has 0 spiro atoms. The largest absolute Gasteiger partial charge is 0.470 e. The highest BCUT2D eigenvalue weighted by atomic mass is 19.3. The van der Waals surface area contributed by atoms with E-state index in [0.717, 1.165) is 0 Å². The van der Waals surface area contributed by atoms with Crippen molar-refractivity contribution in [2.75, 3.05) is 30.4 Å². The minimum Gasteiger partial charge on any atom is -0.470 e. The van der Waals surface area contributed by atoms with Crippen LogP contribution in [0, 0.1) is 0 Å². The monoisotopic (exact) mass is 442 g/mol. The van der Waals surface area contributed by atoms with E-state index in [1.165, 1.54) is 0 Å². The summed E-state index contributed by atoms with van der Waals surface area (Å²) >= 11 is 0. The Hall–Kier alpha value is -2.43. The van der Waals surface area contributed by atoms with Crippen LogP contribution in [-0.2, 0) is 4.74 Å². The number of hydrogen-bond acceptors (Lipinski definition) is 8. The van der Waals surface area contributed by atoms with E-state index >= 15 is 0 Å². The van der Waals surface area contributed by atoms with Crippen molar-refractivity contribution in [1.82, 2.24) is 20.3 Å². The Morgan fingerprint density at radius 1 is 1.26 bits per heavy atom. The Balaban J connectivity index is 1.59. The first-order valence-electron chi connectivity index (χ1n) is 10.7. The maximum Gasteiger partial charge on any atom is 0.410 e. The van der Waals surface area contributed by atoms with E-state index in [2.05, 4.69) is 26.1 Å². The van der Waals surface area contributed by atoms with Crippen LogP contribution in [0.25, 0.3) is 0 Å². The summed E-state index contributed by atoms with van der Waals surface area (Å²) in [6, 6.07) is 1.57. The number of halogens is 2. The first kappa shape index (κ1) is 23.2. The van der Waals surface area contributed by atoms with Crippen molar-refractivity contribution in [2.45, 2.75) is 77.0 Å². The molecule has 0 atom stereocenters. The molecule has 0 bridgehead atoms. The van der Waals surface area contributed by atoms with Gasteiger partial charge in [0, 0.05) is 31.5 Å². The second-order valence-corrected chi connectivity index (χ2v) is 8.97. The minimum absolute atomic E-state index is 0.0827. The molecule has 2 heterocycles. The number of likely N-dealkylation sites (tertiary alicyclic amines) is 1. The summed E-state index contributed by atoms with van der Waals surface area (Å²) in [7, 11) is 0. The molecule has 1 aliphatic heterocycles. The van der Waals surface area contributed by atoms with Gasteiger partial charge < -0.3 is 19.7 Å². The van der Waals surface area contributed by atoms with E-state index in [-0.39, 0.29) is 31.1 Å². The summed E-state index contributed by atoms with van der Waals surface area (Å²) in [5.41, 5.74) is 5.27. The maximum absolute atomic E-state index is 13.4. The number of hydrogen-bond donors (Lipinski definition) is 3. The zero-order valence-corrected chi connectivity index (χ0v) is 18.5. The van der Waals surface area contributed by atoms with Gasteiger partial charge in [0.25, 0.3) is 0 Å². The van der Waals surface area contributed by atoms with Crippen LogP contribution in [0.4, 0.5) is 25.3 Å². The Morgan fingerprint density at radius 2 is 1.94 bits per heavy atom. The number of aromatic nitrogens is 2. The first-order valence-corrected chi connectivity index (χ1v) is 10.7. The lowest BCUT2D eigenvalue weighted by Gasteiger charge is -2.39. The maximum atomic E-state index is 13.4. The van der Waals surface area contributed by atoms with E-state index in [4.69, 9.17) is 9.47 Å². The molecule has 0 aromatic carbocycles. The Labute approximate surface area is 181 Å². The van der Waals surface area contributed by atoms with Gasteiger partial charge in [-0.1, -0.05) is 6.92 Å². The normalized spacial score (nSPS) is 19.5. The van der Waals surface area contributed by atoms with Gasteiger partial charge in [0.05, 0.1) is 13.1 Å². The smallest absolute Gasteiger partial charge is 0.410 e. The number of amides is 1. The van der Waals surface area contributed by atoms with Gasteiger partial charge in [-0.15, -0.1) is 0 Å². The standard InChI is InChI=1S/C20H32F2N6O3/c1-5-23-27-17-25-15(24-13-6-8-20(21,22)9-7-13)10-16(26-17)30-14-11-28(12-14)18(29)31-19(2,3)4/h10,13-14,23H,5-9,11-12H2,1-4H3,(H2,24,25,26,27). The topological polar surface area (TPSA) is 101 Å². The number of alkyl halides is 2. The highest BCUT2D eigenvalue weighted by molar-refractivity contribution is 5.69. The molecule has 3 N–H and O–H groups in total. The van der Waals surface area contributed by atoms with Gasteiger partial charge in [-0.3, -0.25) is 5.43 Å². The van der Waals surface area contributed by atoms with Gasteiger partial charge in [-0.2, -0.15) is 9.97 Å². The van der Waals surface area contributed by atoms with Gasteiger partial charge in [0.1, 0.15) is 17.5 Å². The molecule has 1 amide bonds. The molecule has 9 nitrogen and oxygen atoms in total. The molecule has 2 aliphatic rings. The predicted molar refractivity (Wildman–Crippen MR) is 112 cm³/mol. The van der Waals surface area contributed by atoms with Crippen LogP contribution < -0.4 is 20.9 Å². The lowest BCUT2D eigenvalue weighted by Crippen LogP contribution is -2.57. The zero-order valence-electron chi connectivity index (χ0n) is 18.5. The second-order valence-electron chi connectivity index (χ2n) is 8.97. The van der Waals surface area contributed by atoms with Gasteiger partial charge in [0.15, 0.2) is 0 Å². The number of nitrogens with one attached hydrogen (secondary N) is 3. The fourth-order valence-corrected chi connectivity index (χ4v) is 3.34. The van der Waals surface area contributed by atoms with Crippen LogP contribution in [0.5, 0.6) is 5.88 Å². The Bertz CT molecular complexity index is 758. The van der Waals surface area contributed by atoms with Crippen molar-refractivity contribution in [3.63, 3.8) is 0 Å². The molecule has 11 heteroatoms. The van der Waals surface area contributed by atoms with Crippen LogP contribution in [0.1, 0.15) is 53.4 Å². The summed E-state index contributed by atoms with van der Waals surface area (Å²) in [6.45, 7) is 8.84. The fourth-order valence-electron chi connectivity index (χ4n) is 3.34. The molecule has 1 saturated carbocycles. The lowest BCUT2D eigenvalue weighted by atomic mass is 9.92. The van der Waals surface area contributed by atoms with Crippen molar-refractivity contribution in [3.8, 4) is 5.88 Å². The number of carbonyl (C=O) groups excluding carboxylic acids is 1. The molecule has 31 heavy (non-hydrogen) atoms. The van der Waals surface area contributed by atoms with E-state index in [9.17, 15) is 13.6 Å². The third kappa shape index (κ3) is 7.05. The minimum atomic E-state index is -2.58. The van der Waals surface area contributed by atoms with E-state index in [1.807, 2.05) is 27.7 Å². The molecule has 1 aromatic rings. The molecule has 2 fully saturated rings. The second kappa shape index (κ2) is 9.37. The predicted octanol–water partition coefficient (Wildman–Crippen LogP) is 3.40. The number of hydrazine groups is 1. The highest BCUT2D eigenvalue weighted by Gasteiger charge is 2.36. The molecule has 1 aliphatic carbocycles. The average Bonchev–Trinajstić information content (AvgIpc) is 2.63. The van der Waals surface area contributed by atoms with Gasteiger partial charge >= 0.3 is 6.09 Å². The van der Waals surface area contributed by atoms with Gasteiger partial charge in [-0.25, -0.2) is 19.0 Å². The van der Waals surface area contributed by atoms with Crippen LogP contribution >= 0.6 is 0 Å². The summed E-state index contributed by atoms with van der Waals surface area (Å²) in [5.74, 6) is -1.43. The van der Waals surface area contributed by atoms with Crippen LogP contribution in [0.3, 0.4) is 0 Å². The quantitative estimate of drug-likeness (QED) is 0.553. The summed E-state index contributed by atoms with van der Waals surface area (Å²) in [4.78, 5) is 22.4. The summed E-state index contributed by atoms with van der Waals surface area (Å²) in [5, 5.41) is 3.22. The van der Waals surface area contributed by atoms with Crippen LogP contribution in [0.2, 0.25) is 0 Å². The van der Waals surface area contributed by atoms with Crippen molar-refractivity contribution >= 4 is 17.9 Å². The summed E-state index contributed by atoms with van der Waals surface area (Å²) < 4.78 is 38.1. The average molecular weight is 443 g/mol. The number of rotatable bonds is 7. The fraction of sp³-hybridized carbons (Fsp3) is 0.750. The van der Waals surface area contributed by atoms with Gasteiger partial charge in [0.2, 0.25) is 17.8 Å². The Kier molecular flexibility index (Phi) is 7.03. The molecule has 3 rings (SSSR count). The number of ether oxygens (including phenoxy) is 2.